The van der Waals surface area contributed by atoms with E-state index >= 15 is 0 Å². The van der Waals surface area contributed by atoms with Gasteiger partial charge in [-0.2, -0.15) is 0 Å². The molecule has 0 unspecified atom stereocenters. The van der Waals surface area contributed by atoms with Crippen LogP contribution in [0, 0.1) is 5.82 Å². The summed E-state index contributed by atoms with van der Waals surface area (Å²) in [5.74, 6) is 0.546. The van der Waals surface area contributed by atoms with Crippen molar-refractivity contribution < 1.29 is 9.13 Å². The maximum atomic E-state index is 14.0. The number of halogens is 2. The highest BCUT2D eigenvalue weighted by Crippen LogP contribution is 2.22. The van der Waals surface area contributed by atoms with E-state index in [2.05, 4.69) is 4.90 Å². The Kier molecular flexibility index (Phi) is 6.84. The number of ether oxygens (including phenoxy) is 1. The largest absolute Gasteiger partial charge is 0.497 e. The Morgan fingerprint density at radius 3 is 2.48 bits per heavy atom. The van der Waals surface area contributed by atoms with Gasteiger partial charge in [-0.1, -0.05) is 29.8 Å². The highest BCUT2D eigenvalue weighted by atomic mass is 35.5. The highest BCUT2D eigenvalue weighted by Gasteiger charge is 2.13. The molecule has 0 aliphatic carbocycles. The lowest BCUT2D eigenvalue weighted by Gasteiger charge is -2.23. The molecule has 0 aromatic heterocycles. The molecule has 0 radical (unpaired) electrons. The first kappa shape index (κ1) is 17.7. The SMILES string of the molecule is COc1ccc(CN(CCCN)Cc2c(F)cccc2Cl)cc1. The monoisotopic (exact) mass is 336 g/mol. The van der Waals surface area contributed by atoms with E-state index < -0.39 is 0 Å². The molecule has 2 N–H and O–H groups in total. The van der Waals surface area contributed by atoms with Crippen molar-refractivity contribution in [3.8, 4) is 5.75 Å². The van der Waals surface area contributed by atoms with Gasteiger partial charge in [0.05, 0.1) is 7.11 Å². The Morgan fingerprint density at radius 1 is 1.13 bits per heavy atom. The Bertz CT molecular complexity index is 599. The predicted octanol–water partition coefficient (Wildman–Crippen LogP) is 3.84. The first-order valence-electron chi connectivity index (χ1n) is 7.62. The zero-order valence-corrected chi connectivity index (χ0v) is 14.0. The predicted molar refractivity (Wildman–Crippen MR) is 92.2 cm³/mol. The van der Waals surface area contributed by atoms with Gasteiger partial charge in [0, 0.05) is 30.2 Å². The van der Waals surface area contributed by atoms with Crippen LogP contribution < -0.4 is 10.5 Å². The van der Waals surface area contributed by atoms with Crippen LogP contribution in [0.2, 0.25) is 5.02 Å². The molecule has 2 aromatic carbocycles. The summed E-state index contributed by atoms with van der Waals surface area (Å²) in [6.07, 6.45) is 0.849. The topological polar surface area (TPSA) is 38.5 Å². The lowest BCUT2D eigenvalue weighted by Crippen LogP contribution is -2.26. The number of hydrogen-bond acceptors (Lipinski definition) is 3. The average Bonchev–Trinajstić information content (AvgIpc) is 2.56. The van der Waals surface area contributed by atoms with Crippen molar-refractivity contribution in [3.05, 3.63) is 64.4 Å². The molecule has 23 heavy (non-hydrogen) atoms. The maximum Gasteiger partial charge on any atom is 0.129 e. The molecule has 5 heteroatoms. The summed E-state index contributed by atoms with van der Waals surface area (Å²) in [7, 11) is 1.64. The van der Waals surface area contributed by atoms with Crippen molar-refractivity contribution in [2.45, 2.75) is 19.5 Å². The second-order valence-electron chi connectivity index (χ2n) is 5.40. The zero-order valence-electron chi connectivity index (χ0n) is 13.3. The molecule has 2 rings (SSSR count). The van der Waals surface area contributed by atoms with E-state index in [-0.39, 0.29) is 5.82 Å². The van der Waals surface area contributed by atoms with E-state index in [1.165, 1.54) is 6.07 Å². The number of benzene rings is 2. The van der Waals surface area contributed by atoms with Crippen LogP contribution in [0.25, 0.3) is 0 Å². The normalized spacial score (nSPS) is 11.0. The fraction of sp³-hybridized carbons (Fsp3) is 0.333. The van der Waals surface area contributed by atoms with E-state index in [1.807, 2.05) is 24.3 Å². The van der Waals surface area contributed by atoms with Crippen LogP contribution in [0.15, 0.2) is 42.5 Å². The average molecular weight is 337 g/mol. The molecule has 0 aliphatic rings. The molecule has 0 spiro atoms. The third kappa shape index (κ3) is 5.20. The molecule has 2 aromatic rings. The van der Waals surface area contributed by atoms with Gasteiger partial charge >= 0.3 is 0 Å². The van der Waals surface area contributed by atoms with Crippen LogP contribution in [-0.4, -0.2) is 25.1 Å². The standard InChI is InChI=1S/C18H22ClFN2O/c1-23-15-8-6-14(7-9-15)12-22(11-3-10-21)13-16-17(19)4-2-5-18(16)20/h2,4-9H,3,10-13,21H2,1H3. The molecule has 0 bridgehead atoms. The maximum absolute atomic E-state index is 14.0. The van der Waals surface area contributed by atoms with Gasteiger partial charge in [-0.15, -0.1) is 0 Å². The summed E-state index contributed by atoms with van der Waals surface area (Å²) in [6.45, 7) is 2.55. The summed E-state index contributed by atoms with van der Waals surface area (Å²) in [6, 6.07) is 12.6. The van der Waals surface area contributed by atoms with Crippen LogP contribution in [-0.2, 0) is 13.1 Å². The molecule has 0 atom stereocenters. The first-order chi connectivity index (χ1) is 11.1. The molecule has 0 saturated heterocycles. The van der Waals surface area contributed by atoms with E-state index in [4.69, 9.17) is 22.1 Å². The Hall–Kier alpha value is -1.62. The molecule has 0 saturated carbocycles. The van der Waals surface area contributed by atoms with Crippen molar-refractivity contribution in [1.82, 2.24) is 4.90 Å². The lowest BCUT2D eigenvalue weighted by atomic mass is 10.1. The van der Waals surface area contributed by atoms with Crippen LogP contribution >= 0.6 is 11.6 Å². The third-order valence-corrected chi connectivity index (χ3v) is 4.04. The van der Waals surface area contributed by atoms with E-state index in [9.17, 15) is 4.39 Å². The minimum atomic E-state index is -0.273. The summed E-state index contributed by atoms with van der Waals surface area (Å²) in [5, 5.41) is 0.456. The van der Waals surface area contributed by atoms with Crippen molar-refractivity contribution in [2.24, 2.45) is 5.73 Å². The van der Waals surface area contributed by atoms with Crippen LogP contribution in [0.1, 0.15) is 17.5 Å². The highest BCUT2D eigenvalue weighted by molar-refractivity contribution is 6.31. The summed E-state index contributed by atoms with van der Waals surface area (Å²) in [4.78, 5) is 2.15. The van der Waals surface area contributed by atoms with Gasteiger partial charge in [-0.05, 0) is 42.8 Å². The van der Waals surface area contributed by atoms with Gasteiger partial charge in [0.1, 0.15) is 11.6 Å². The quantitative estimate of drug-likeness (QED) is 0.796. The van der Waals surface area contributed by atoms with Crippen molar-refractivity contribution in [3.63, 3.8) is 0 Å². The van der Waals surface area contributed by atoms with Gasteiger partial charge < -0.3 is 10.5 Å². The number of hydrogen-bond donors (Lipinski definition) is 1. The summed E-state index contributed by atoms with van der Waals surface area (Å²) >= 11 is 6.14. The fourth-order valence-electron chi connectivity index (χ4n) is 2.43. The molecular formula is C18H22ClFN2O. The smallest absolute Gasteiger partial charge is 0.129 e. The minimum Gasteiger partial charge on any atom is -0.497 e. The van der Waals surface area contributed by atoms with Gasteiger partial charge in [-0.3, -0.25) is 4.90 Å². The fourth-order valence-corrected chi connectivity index (χ4v) is 2.65. The molecule has 0 fully saturated rings. The third-order valence-electron chi connectivity index (χ3n) is 3.69. The van der Waals surface area contributed by atoms with Crippen molar-refractivity contribution in [2.75, 3.05) is 20.2 Å². The molecule has 3 nitrogen and oxygen atoms in total. The summed E-state index contributed by atoms with van der Waals surface area (Å²) < 4.78 is 19.2. The Balaban J connectivity index is 2.12. The Morgan fingerprint density at radius 2 is 1.87 bits per heavy atom. The number of rotatable bonds is 8. The molecule has 0 amide bonds. The number of nitrogens with two attached hydrogens (primary N) is 1. The Labute approximate surface area is 141 Å². The second kappa shape index (κ2) is 8.87. The molecule has 124 valence electrons. The first-order valence-corrected chi connectivity index (χ1v) is 8.00. The van der Waals surface area contributed by atoms with E-state index in [0.29, 0.717) is 30.2 Å². The number of nitrogens with zero attached hydrogens (tertiary/aromatic N) is 1. The molecule has 0 aliphatic heterocycles. The van der Waals surface area contributed by atoms with Gasteiger partial charge in [0.25, 0.3) is 0 Å². The van der Waals surface area contributed by atoms with Gasteiger partial charge in [-0.25, -0.2) is 4.39 Å². The minimum absolute atomic E-state index is 0.273. The van der Waals surface area contributed by atoms with Crippen molar-refractivity contribution in [1.29, 1.82) is 0 Å². The van der Waals surface area contributed by atoms with E-state index in [0.717, 1.165) is 24.3 Å². The van der Waals surface area contributed by atoms with Crippen molar-refractivity contribution >= 4 is 11.6 Å². The van der Waals surface area contributed by atoms with Gasteiger partial charge in [0.2, 0.25) is 0 Å². The summed E-state index contributed by atoms with van der Waals surface area (Å²) in [5.41, 5.74) is 7.28. The zero-order chi connectivity index (χ0) is 16.7. The van der Waals surface area contributed by atoms with Gasteiger partial charge in [0.15, 0.2) is 0 Å². The van der Waals surface area contributed by atoms with Crippen LogP contribution in [0.4, 0.5) is 4.39 Å². The lowest BCUT2D eigenvalue weighted by molar-refractivity contribution is 0.251. The van der Waals surface area contributed by atoms with Crippen LogP contribution in [0.5, 0.6) is 5.75 Å². The molecule has 0 heterocycles. The van der Waals surface area contributed by atoms with E-state index in [1.54, 1.807) is 19.2 Å². The second-order valence-corrected chi connectivity index (χ2v) is 5.81. The molecular weight excluding hydrogens is 315 g/mol. The number of methoxy groups -OCH3 is 1. The van der Waals surface area contributed by atoms with Crippen LogP contribution in [0.3, 0.4) is 0 Å².